The highest BCUT2D eigenvalue weighted by molar-refractivity contribution is 6.33. The fourth-order valence-corrected chi connectivity index (χ4v) is 2.23. The quantitative estimate of drug-likeness (QED) is 0.798. The number of benzene rings is 1. The highest BCUT2D eigenvalue weighted by Crippen LogP contribution is 2.24. The fourth-order valence-electron chi connectivity index (χ4n) is 2.11. The molecule has 2 rings (SSSR count). The van der Waals surface area contributed by atoms with E-state index in [1.807, 2.05) is 0 Å². The van der Waals surface area contributed by atoms with E-state index in [0.717, 1.165) is 0 Å². The van der Waals surface area contributed by atoms with Crippen molar-refractivity contribution >= 4 is 29.2 Å². The molecule has 0 radical (unpaired) electrons. The lowest BCUT2D eigenvalue weighted by molar-refractivity contribution is -0.141. The van der Waals surface area contributed by atoms with Gasteiger partial charge < -0.3 is 15.7 Å². The van der Waals surface area contributed by atoms with Crippen molar-refractivity contribution in [3.8, 4) is 0 Å². The molecule has 1 saturated heterocycles. The van der Waals surface area contributed by atoms with Crippen LogP contribution in [0.15, 0.2) is 18.2 Å². The summed E-state index contributed by atoms with van der Waals surface area (Å²) < 4.78 is 0. The van der Waals surface area contributed by atoms with Crippen LogP contribution in [0.2, 0.25) is 5.02 Å². The number of rotatable bonds is 2. The molecule has 0 aromatic heterocycles. The number of carboxylic acid groups (broad SMARTS) is 1. The Bertz CT molecular complexity index is 504. The van der Waals surface area contributed by atoms with Crippen LogP contribution >= 0.6 is 11.6 Å². The summed E-state index contributed by atoms with van der Waals surface area (Å²) in [5.41, 5.74) is 6.31. The first kappa shape index (κ1) is 12.7. The predicted octanol–water partition coefficient (Wildman–Crippen LogP) is 1.61. The van der Waals surface area contributed by atoms with Crippen molar-refractivity contribution in [2.75, 3.05) is 12.3 Å². The van der Waals surface area contributed by atoms with Gasteiger partial charge in [-0.2, -0.15) is 0 Å². The summed E-state index contributed by atoms with van der Waals surface area (Å²) >= 11 is 5.78. The summed E-state index contributed by atoms with van der Waals surface area (Å²) in [6, 6.07) is 3.82. The lowest BCUT2D eigenvalue weighted by atomic mass is 10.1. The third kappa shape index (κ3) is 2.26. The van der Waals surface area contributed by atoms with E-state index in [2.05, 4.69) is 0 Å². The molecule has 1 amide bonds. The first-order valence-corrected chi connectivity index (χ1v) is 5.97. The number of anilines is 1. The van der Waals surface area contributed by atoms with Crippen LogP contribution in [-0.2, 0) is 4.79 Å². The smallest absolute Gasteiger partial charge is 0.326 e. The van der Waals surface area contributed by atoms with Crippen molar-refractivity contribution < 1.29 is 14.7 Å². The minimum atomic E-state index is -0.970. The summed E-state index contributed by atoms with van der Waals surface area (Å²) in [7, 11) is 0. The minimum Gasteiger partial charge on any atom is -0.480 e. The van der Waals surface area contributed by atoms with Gasteiger partial charge in [-0.25, -0.2) is 4.79 Å². The average molecular weight is 269 g/mol. The predicted molar refractivity (Wildman–Crippen MR) is 67.6 cm³/mol. The Hall–Kier alpha value is -1.75. The third-order valence-electron chi connectivity index (χ3n) is 3.04. The molecule has 1 atom stereocenters. The molecule has 1 aliphatic heterocycles. The number of carboxylic acids is 1. The van der Waals surface area contributed by atoms with Crippen LogP contribution in [0.1, 0.15) is 23.2 Å². The Morgan fingerprint density at radius 1 is 1.44 bits per heavy atom. The first-order chi connectivity index (χ1) is 8.50. The number of nitrogens with zero attached hydrogens (tertiary/aromatic N) is 1. The molecule has 6 heteroatoms. The Balaban J connectivity index is 2.25. The van der Waals surface area contributed by atoms with Crippen LogP contribution in [0.4, 0.5) is 5.69 Å². The number of hydrogen-bond acceptors (Lipinski definition) is 3. The van der Waals surface area contributed by atoms with Gasteiger partial charge in [0.25, 0.3) is 5.91 Å². The van der Waals surface area contributed by atoms with Gasteiger partial charge in [-0.15, -0.1) is 0 Å². The molecule has 1 aromatic rings. The lowest BCUT2D eigenvalue weighted by Crippen LogP contribution is -2.40. The second-order valence-electron chi connectivity index (χ2n) is 4.23. The molecule has 18 heavy (non-hydrogen) atoms. The second-order valence-corrected chi connectivity index (χ2v) is 4.64. The molecule has 0 spiro atoms. The molecule has 1 unspecified atom stereocenters. The number of nitrogen functional groups attached to an aromatic ring is 1. The van der Waals surface area contributed by atoms with E-state index in [0.29, 0.717) is 35.7 Å². The van der Waals surface area contributed by atoms with Gasteiger partial charge in [-0.05, 0) is 31.0 Å². The number of hydrogen-bond donors (Lipinski definition) is 2. The first-order valence-electron chi connectivity index (χ1n) is 5.59. The van der Waals surface area contributed by atoms with E-state index in [9.17, 15) is 9.59 Å². The van der Waals surface area contributed by atoms with Crippen LogP contribution < -0.4 is 5.73 Å². The maximum atomic E-state index is 12.2. The number of likely N-dealkylation sites (tertiary alicyclic amines) is 1. The summed E-state index contributed by atoms with van der Waals surface area (Å²) in [5.74, 6) is -1.29. The molecular formula is C12H13ClN2O3. The van der Waals surface area contributed by atoms with Crippen molar-refractivity contribution in [1.82, 2.24) is 4.90 Å². The van der Waals surface area contributed by atoms with E-state index < -0.39 is 12.0 Å². The summed E-state index contributed by atoms with van der Waals surface area (Å²) in [4.78, 5) is 24.6. The topological polar surface area (TPSA) is 83.6 Å². The zero-order chi connectivity index (χ0) is 13.3. The van der Waals surface area contributed by atoms with Crippen molar-refractivity contribution in [2.45, 2.75) is 18.9 Å². The summed E-state index contributed by atoms with van der Waals surface area (Å²) in [6.07, 6.45) is 1.19. The number of carbonyl (C=O) groups excluding carboxylic acids is 1. The van der Waals surface area contributed by atoms with Crippen molar-refractivity contribution in [2.24, 2.45) is 0 Å². The van der Waals surface area contributed by atoms with Crippen LogP contribution in [0.25, 0.3) is 0 Å². The van der Waals surface area contributed by atoms with Gasteiger partial charge in [0.15, 0.2) is 0 Å². The van der Waals surface area contributed by atoms with Crippen LogP contribution in [0.3, 0.4) is 0 Å². The number of nitrogens with two attached hydrogens (primary N) is 1. The van der Waals surface area contributed by atoms with E-state index in [-0.39, 0.29) is 5.91 Å². The van der Waals surface area contributed by atoms with Gasteiger partial charge in [-0.3, -0.25) is 4.79 Å². The Labute approximate surface area is 109 Å². The average Bonchev–Trinajstić information content (AvgIpc) is 2.81. The highest BCUT2D eigenvalue weighted by atomic mass is 35.5. The normalized spacial score (nSPS) is 18.9. The Morgan fingerprint density at radius 2 is 2.17 bits per heavy atom. The third-order valence-corrected chi connectivity index (χ3v) is 3.39. The number of halogens is 1. The Morgan fingerprint density at radius 3 is 2.78 bits per heavy atom. The van der Waals surface area contributed by atoms with Crippen LogP contribution in [0, 0.1) is 0 Å². The molecule has 96 valence electrons. The monoisotopic (exact) mass is 268 g/mol. The molecule has 0 bridgehead atoms. The summed E-state index contributed by atoms with van der Waals surface area (Å²) in [5, 5.41) is 9.42. The van der Waals surface area contributed by atoms with Gasteiger partial charge in [0.1, 0.15) is 6.04 Å². The van der Waals surface area contributed by atoms with Crippen LogP contribution in [-0.4, -0.2) is 34.5 Å². The molecule has 3 N–H and O–H groups in total. The number of aliphatic carboxylic acids is 1. The SMILES string of the molecule is Nc1cc(C(=O)N2CCCC2C(=O)O)ccc1Cl. The number of carbonyl (C=O) groups is 2. The van der Waals surface area contributed by atoms with E-state index in [1.54, 1.807) is 6.07 Å². The molecule has 1 aromatic carbocycles. The standard InChI is InChI=1S/C12H13ClN2O3/c13-8-4-3-7(6-9(8)14)11(16)15-5-1-2-10(15)12(17)18/h3-4,6,10H,1-2,5,14H2,(H,17,18). The van der Waals surface area contributed by atoms with Gasteiger partial charge in [-0.1, -0.05) is 11.6 Å². The maximum Gasteiger partial charge on any atom is 0.326 e. The van der Waals surface area contributed by atoms with Crippen molar-refractivity contribution in [1.29, 1.82) is 0 Å². The lowest BCUT2D eigenvalue weighted by Gasteiger charge is -2.21. The van der Waals surface area contributed by atoms with Crippen molar-refractivity contribution in [3.05, 3.63) is 28.8 Å². The van der Waals surface area contributed by atoms with E-state index >= 15 is 0 Å². The van der Waals surface area contributed by atoms with E-state index in [1.165, 1.54) is 17.0 Å². The zero-order valence-corrected chi connectivity index (χ0v) is 10.4. The second kappa shape index (κ2) is 4.86. The Kier molecular flexibility index (Phi) is 3.43. The molecule has 1 heterocycles. The van der Waals surface area contributed by atoms with Gasteiger partial charge in [0.05, 0.1) is 10.7 Å². The highest BCUT2D eigenvalue weighted by Gasteiger charge is 2.34. The van der Waals surface area contributed by atoms with Crippen molar-refractivity contribution in [3.63, 3.8) is 0 Å². The zero-order valence-electron chi connectivity index (χ0n) is 9.60. The molecular weight excluding hydrogens is 256 g/mol. The van der Waals surface area contributed by atoms with E-state index in [4.69, 9.17) is 22.4 Å². The molecule has 1 aliphatic rings. The molecule has 1 fully saturated rings. The van der Waals surface area contributed by atoms with Crippen LogP contribution in [0.5, 0.6) is 0 Å². The summed E-state index contributed by atoms with van der Waals surface area (Å²) in [6.45, 7) is 0.457. The molecule has 0 saturated carbocycles. The number of amides is 1. The van der Waals surface area contributed by atoms with Gasteiger partial charge in [0, 0.05) is 12.1 Å². The van der Waals surface area contributed by atoms with Gasteiger partial charge >= 0.3 is 5.97 Å². The molecule has 5 nitrogen and oxygen atoms in total. The van der Waals surface area contributed by atoms with Gasteiger partial charge in [0.2, 0.25) is 0 Å². The minimum absolute atomic E-state index is 0.314. The maximum absolute atomic E-state index is 12.2. The fraction of sp³-hybridized carbons (Fsp3) is 0.333. The largest absolute Gasteiger partial charge is 0.480 e. The molecule has 0 aliphatic carbocycles.